The van der Waals surface area contributed by atoms with E-state index in [9.17, 15) is 0 Å². The van der Waals surface area contributed by atoms with Crippen LogP contribution in [0.4, 0.5) is 17.2 Å². The van der Waals surface area contributed by atoms with Gasteiger partial charge < -0.3 is 10.6 Å². The summed E-state index contributed by atoms with van der Waals surface area (Å²) in [5.74, 6) is 0.893. The van der Waals surface area contributed by atoms with Crippen LogP contribution in [0.5, 0.6) is 0 Å². The van der Waals surface area contributed by atoms with E-state index in [1.165, 1.54) is 9.13 Å². The largest absolute Gasteiger partial charge is 0.370 e. The summed E-state index contributed by atoms with van der Waals surface area (Å²) in [5.41, 5.74) is 3.43. The lowest BCUT2D eigenvalue weighted by Crippen LogP contribution is -2.00. The highest BCUT2D eigenvalue weighted by atomic mass is 127. The lowest BCUT2D eigenvalue weighted by atomic mass is 10.2. The van der Waals surface area contributed by atoms with Crippen LogP contribution in [0.1, 0.15) is 12.5 Å². The third kappa shape index (κ3) is 3.35. The van der Waals surface area contributed by atoms with Crippen LogP contribution in [-0.4, -0.2) is 11.5 Å². The Morgan fingerprint density at radius 3 is 2.67 bits per heavy atom. The summed E-state index contributed by atoms with van der Waals surface area (Å²) >= 11 is 2.35. The number of rotatable bonds is 4. The van der Waals surface area contributed by atoms with E-state index in [1.807, 2.05) is 12.1 Å². The highest BCUT2D eigenvalue weighted by molar-refractivity contribution is 14.1. The zero-order valence-corrected chi connectivity index (χ0v) is 12.7. The van der Waals surface area contributed by atoms with Crippen molar-refractivity contribution < 1.29 is 0 Å². The first-order valence-electron chi connectivity index (χ1n) is 5.92. The highest BCUT2D eigenvalue weighted by Gasteiger charge is 1.99. The Kier molecular flexibility index (Phi) is 4.41. The predicted octanol–water partition coefficient (Wildman–Crippen LogP) is 4.17. The summed E-state index contributed by atoms with van der Waals surface area (Å²) in [6.07, 6.45) is 1.81. The first-order valence-corrected chi connectivity index (χ1v) is 7.00. The van der Waals surface area contributed by atoms with Gasteiger partial charge in [0.15, 0.2) is 0 Å². The Morgan fingerprint density at radius 1 is 1.17 bits per heavy atom. The molecular formula is C14H16IN3. The number of benzene rings is 1. The molecule has 0 aliphatic carbocycles. The maximum atomic E-state index is 4.25. The predicted molar refractivity (Wildman–Crippen MR) is 85.6 cm³/mol. The number of hydrogen-bond acceptors (Lipinski definition) is 3. The first-order chi connectivity index (χ1) is 8.69. The van der Waals surface area contributed by atoms with Gasteiger partial charge in [0.05, 0.1) is 0 Å². The van der Waals surface area contributed by atoms with E-state index in [0.29, 0.717) is 0 Å². The van der Waals surface area contributed by atoms with Gasteiger partial charge in [0.25, 0.3) is 0 Å². The van der Waals surface area contributed by atoms with Gasteiger partial charge in [-0.2, -0.15) is 0 Å². The average Bonchev–Trinajstić information content (AvgIpc) is 2.35. The van der Waals surface area contributed by atoms with Crippen molar-refractivity contribution in [2.24, 2.45) is 0 Å². The molecule has 0 radical (unpaired) electrons. The minimum Gasteiger partial charge on any atom is -0.370 e. The Bertz CT molecular complexity index is 540. The lowest BCUT2D eigenvalue weighted by molar-refractivity contribution is 1.16. The Morgan fingerprint density at radius 2 is 1.94 bits per heavy atom. The molecule has 18 heavy (non-hydrogen) atoms. The van der Waals surface area contributed by atoms with E-state index >= 15 is 0 Å². The van der Waals surface area contributed by atoms with Crippen LogP contribution in [0, 0.1) is 10.5 Å². The van der Waals surface area contributed by atoms with Crippen LogP contribution in [0.15, 0.2) is 36.5 Å². The highest BCUT2D eigenvalue weighted by Crippen LogP contribution is 2.22. The third-order valence-electron chi connectivity index (χ3n) is 2.58. The second-order valence-electron chi connectivity index (χ2n) is 4.05. The fraction of sp³-hybridized carbons (Fsp3) is 0.214. The number of halogens is 1. The zero-order valence-electron chi connectivity index (χ0n) is 10.5. The molecule has 0 spiro atoms. The van der Waals surface area contributed by atoms with E-state index in [2.05, 4.69) is 70.3 Å². The normalized spacial score (nSPS) is 10.2. The molecular weight excluding hydrogens is 337 g/mol. The molecule has 0 bridgehead atoms. The van der Waals surface area contributed by atoms with Crippen LogP contribution in [0.2, 0.25) is 0 Å². The molecule has 0 fully saturated rings. The van der Waals surface area contributed by atoms with Crippen molar-refractivity contribution in [3.05, 3.63) is 45.7 Å². The second kappa shape index (κ2) is 6.04. The Hall–Kier alpha value is -1.30. The van der Waals surface area contributed by atoms with E-state index in [0.717, 1.165) is 23.7 Å². The number of nitrogens with one attached hydrogen (secondary N) is 2. The molecule has 0 saturated heterocycles. The summed E-state index contributed by atoms with van der Waals surface area (Å²) in [4.78, 5) is 4.25. The summed E-state index contributed by atoms with van der Waals surface area (Å²) in [6, 6.07) is 10.3. The summed E-state index contributed by atoms with van der Waals surface area (Å²) in [7, 11) is 0. The molecule has 4 heteroatoms. The molecule has 0 aliphatic rings. The van der Waals surface area contributed by atoms with Crippen molar-refractivity contribution in [2.45, 2.75) is 13.8 Å². The van der Waals surface area contributed by atoms with Gasteiger partial charge in [0, 0.05) is 33.8 Å². The van der Waals surface area contributed by atoms with Crippen LogP contribution >= 0.6 is 22.6 Å². The van der Waals surface area contributed by atoms with Gasteiger partial charge in [0.1, 0.15) is 5.82 Å². The minimum atomic E-state index is 0.874. The monoisotopic (exact) mass is 353 g/mol. The molecule has 0 aliphatic heterocycles. The lowest BCUT2D eigenvalue weighted by Gasteiger charge is -2.09. The quantitative estimate of drug-likeness (QED) is 0.810. The number of hydrogen-bond donors (Lipinski definition) is 2. The minimum absolute atomic E-state index is 0.874. The van der Waals surface area contributed by atoms with Gasteiger partial charge >= 0.3 is 0 Å². The van der Waals surface area contributed by atoms with Gasteiger partial charge in [-0.05, 0) is 60.2 Å². The topological polar surface area (TPSA) is 37.0 Å². The summed E-state index contributed by atoms with van der Waals surface area (Å²) in [6.45, 7) is 5.05. The molecule has 94 valence electrons. The third-order valence-corrected chi connectivity index (χ3v) is 3.74. The molecule has 3 nitrogen and oxygen atoms in total. The zero-order chi connectivity index (χ0) is 13.0. The van der Waals surface area contributed by atoms with Gasteiger partial charge in [0.2, 0.25) is 0 Å². The number of aryl methyl sites for hydroxylation is 1. The molecule has 1 aromatic heterocycles. The SMILES string of the molecule is CCNc1cc(Nc2ccc(C)c(I)c2)ccn1. The van der Waals surface area contributed by atoms with Crippen LogP contribution in [0.3, 0.4) is 0 Å². The van der Waals surface area contributed by atoms with Gasteiger partial charge in [-0.3, -0.25) is 0 Å². The van der Waals surface area contributed by atoms with Gasteiger partial charge in [-0.15, -0.1) is 0 Å². The standard InChI is InChI=1S/C14H16IN3/c1-3-16-14-9-12(6-7-17-14)18-11-5-4-10(2)13(15)8-11/h4-9H,3H2,1-2H3,(H2,16,17,18). The van der Waals surface area contributed by atoms with Crippen molar-refractivity contribution >= 4 is 39.8 Å². The van der Waals surface area contributed by atoms with Crippen LogP contribution < -0.4 is 10.6 Å². The number of anilines is 3. The molecule has 1 aromatic carbocycles. The Balaban J connectivity index is 2.17. The van der Waals surface area contributed by atoms with Crippen LogP contribution in [0.25, 0.3) is 0 Å². The number of nitrogens with zero attached hydrogens (tertiary/aromatic N) is 1. The van der Waals surface area contributed by atoms with Crippen molar-refractivity contribution in [1.29, 1.82) is 0 Å². The second-order valence-corrected chi connectivity index (χ2v) is 5.21. The molecule has 2 rings (SSSR count). The molecule has 0 amide bonds. The maximum absolute atomic E-state index is 4.25. The smallest absolute Gasteiger partial charge is 0.127 e. The fourth-order valence-electron chi connectivity index (χ4n) is 1.62. The number of pyridine rings is 1. The molecule has 2 N–H and O–H groups in total. The van der Waals surface area contributed by atoms with Crippen molar-refractivity contribution in [2.75, 3.05) is 17.2 Å². The first kappa shape index (κ1) is 13.1. The van der Waals surface area contributed by atoms with Gasteiger partial charge in [-0.25, -0.2) is 4.98 Å². The summed E-state index contributed by atoms with van der Waals surface area (Å²) in [5, 5.41) is 6.59. The van der Waals surface area contributed by atoms with E-state index < -0.39 is 0 Å². The molecule has 2 aromatic rings. The van der Waals surface area contributed by atoms with Crippen molar-refractivity contribution in [3.8, 4) is 0 Å². The maximum Gasteiger partial charge on any atom is 0.127 e. The van der Waals surface area contributed by atoms with Crippen molar-refractivity contribution in [3.63, 3.8) is 0 Å². The molecule has 1 heterocycles. The summed E-state index contributed by atoms with van der Waals surface area (Å²) < 4.78 is 1.26. The number of aromatic nitrogens is 1. The Labute approximate surface area is 121 Å². The fourth-order valence-corrected chi connectivity index (χ4v) is 2.14. The van der Waals surface area contributed by atoms with Crippen LogP contribution in [-0.2, 0) is 0 Å². The molecule has 0 unspecified atom stereocenters. The van der Waals surface area contributed by atoms with Crippen molar-refractivity contribution in [1.82, 2.24) is 4.98 Å². The van der Waals surface area contributed by atoms with Gasteiger partial charge in [-0.1, -0.05) is 6.07 Å². The molecule has 0 saturated carbocycles. The van der Waals surface area contributed by atoms with E-state index in [4.69, 9.17) is 0 Å². The average molecular weight is 353 g/mol. The van der Waals surface area contributed by atoms with E-state index in [-0.39, 0.29) is 0 Å². The van der Waals surface area contributed by atoms with E-state index in [1.54, 1.807) is 6.20 Å². The molecule has 0 atom stereocenters.